The summed E-state index contributed by atoms with van der Waals surface area (Å²) >= 11 is 12.0. The van der Waals surface area contributed by atoms with Crippen molar-refractivity contribution < 1.29 is 13.6 Å². The first-order valence-electron chi connectivity index (χ1n) is 9.72. The molecule has 31 heavy (non-hydrogen) atoms. The highest BCUT2D eigenvalue weighted by atomic mass is 35.5. The lowest BCUT2D eigenvalue weighted by Gasteiger charge is -2.35. The van der Waals surface area contributed by atoms with Crippen molar-refractivity contribution in [3.05, 3.63) is 53.3 Å². The van der Waals surface area contributed by atoms with Crippen LogP contribution in [0.5, 0.6) is 0 Å². The number of piperazine rings is 1. The maximum absolute atomic E-state index is 15.4. The largest absolute Gasteiger partial charge is 0.352 e. The zero-order valence-corrected chi connectivity index (χ0v) is 17.9. The second kappa shape index (κ2) is 9.20. The van der Waals surface area contributed by atoms with Crippen LogP contribution in [0.1, 0.15) is 0 Å². The van der Waals surface area contributed by atoms with E-state index in [1.807, 2.05) is 4.90 Å². The van der Waals surface area contributed by atoms with E-state index in [1.54, 1.807) is 17.0 Å². The second-order valence-corrected chi connectivity index (χ2v) is 7.80. The van der Waals surface area contributed by atoms with Crippen molar-refractivity contribution in [3.8, 4) is 11.1 Å². The predicted octanol–water partition coefficient (Wildman–Crippen LogP) is 4.30. The molecule has 0 atom stereocenters. The van der Waals surface area contributed by atoms with Crippen LogP contribution in [0.25, 0.3) is 22.0 Å². The second-order valence-electron chi connectivity index (χ2n) is 7.02. The van der Waals surface area contributed by atoms with Crippen molar-refractivity contribution in [2.24, 2.45) is 0 Å². The fourth-order valence-corrected chi connectivity index (χ4v) is 4.05. The first kappa shape index (κ1) is 21.5. The summed E-state index contributed by atoms with van der Waals surface area (Å²) < 4.78 is 29.7. The lowest BCUT2D eigenvalue weighted by atomic mass is 10.0. The van der Waals surface area contributed by atoms with E-state index in [2.05, 4.69) is 15.3 Å². The van der Waals surface area contributed by atoms with Gasteiger partial charge in [-0.1, -0.05) is 29.8 Å². The molecule has 1 N–H and O–H groups in total. The van der Waals surface area contributed by atoms with Crippen molar-refractivity contribution >= 4 is 46.0 Å². The Bertz CT molecular complexity index is 1120. The zero-order chi connectivity index (χ0) is 22.0. The Morgan fingerprint density at radius 3 is 2.58 bits per heavy atom. The van der Waals surface area contributed by atoms with Gasteiger partial charge in [-0.15, -0.1) is 11.6 Å². The number of carbonyl (C=O) groups is 1. The minimum atomic E-state index is -0.699. The van der Waals surface area contributed by atoms with Crippen LogP contribution in [0.2, 0.25) is 5.02 Å². The number of rotatable bonds is 4. The highest BCUT2D eigenvalue weighted by Gasteiger charge is 2.25. The molecule has 10 heteroatoms. The van der Waals surface area contributed by atoms with Gasteiger partial charge in [0, 0.05) is 55.1 Å². The fraction of sp³-hybridized carbons (Fsp3) is 0.286. The number of urea groups is 1. The summed E-state index contributed by atoms with van der Waals surface area (Å²) in [5.74, 6) is -0.401. The SMILES string of the molecule is O=C(NCCCl)N1CCN(c2ncnc3c(F)c(-c4ccccc4F)c(Cl)cc23)CC1. The molecule has 6 nitrogen and oxygen atoms in total. The Morgan fingerprint density at radius 2 is 1.87 bits per heavy atom. The molecule has 1 aromatic heterocycles. The van der Waals surface area contributed by atoms with E-state index in [-0.39, 0.29) is 27.7 Å². The van der Waals surface area contributed by atoms with Gasteiger partial charge in [0.25, 0.3) is 0 Å². The van der Waals surface area contributed by atoms with Crippen molar-refractivity contribution in [1.82, 2.24) is 20.2 Å². The molecule has 1 aliphatic rings. The zero-order valence-electron chi connectivity index (χ0n) is 16.4. The smallest absolute Gasteiger partial charge is 0.317 e. The Morgan fingerprint density at radius 1 is 1.13 bits per heavy atom. The number of alkyl halides is 1. The summed E-state index contributed by atoms with van der Waals surface area (Å²) in [6.07, 6.45) is 1.28. The average Bonchev–Trinajstić information content (AvgIpc) is 2.78. The Kier molecular flexibility index (Phi) is 6.38. The maximum Gasteiger partial charge on any atom is 0.317 e. The first-order chi connectivity index (χ1) is 15.0. The standard InChI is InChI=1S/C21H19Cl2F2N5O/c22-5-6-26-21(31)30-9-7-29(8-10-30)20-14-11-15(23)17(13-3-1-2-4-16(13)24)18(25)19(14)27-12-28-20/h1-4,11-12H,5-10H2,(H,26,31). The van der Waals surface area contributed by atoms with Crippen LogP contribution >= 0.6 is 23.2 Å². The van der Waals surface area contributed by atoms with Gasteiger partial charge in [0.1, 0.15) is 23.5 Å². The molecule has 162 valence electrons. The van der Waals surface area contributed by atoms with Crippen LogP contribution in [0.4, 0.5) is 19.4 Å². The van der Waals surface area contributed by atoms with Crippen LogP contribution in [-0.2, 0) is 0 Å². The molecule has 1 fully saturated rings. The lowest BCUT2D eigenvalue weighted by Crippen LogP contribution is -2.52. The van der Waals surface area contributed by atoms with Gasteiger partial charge in [-0.25, -0.2) is 23.5 Å². The number of amides is 2. The summed E-state index contributed by atoms with van der Waals surface area (Å²) in [5, 5.41) is 3.25. The van der Waals surface area contributed by atoms with E-state index >= 15 is 4.39 Å². The average molecular weight is 466 g/mol. The predicted molar refractivity (Wildman–Crippen MR) is 118 cm³/mol. The lowest BCUT2D eigenvalue weighted by molar-refractivity contribution is 0.195. The molecule has 2 aromatic carbocycles. The van der Waals surface area contributed by atoms with Gasteiger partial charge in [-0.05, 0) is 12.1 Å². The number of hydrogen-bond acceptors (Lipinski definition) is 4. The summed E-state index contributed by atoms with van der Waals surface area (Å²) in [6, 6.07) is 7.27. The third-order valence-electron chi connectivity index (χ3n) is 5.18. The number of carbonyl (C=O) groups excluding carboxylic acids is 1. The van der Waals surface area contributed by atoms with Gasteiger partial charge in [-0.3, -0.25) is 0 Å². The summed E-state index contributed by atoms with van der Waals surface area (Å²) in [6.45, 7) is 2.37. The third kappa shape index (κ3) is 4.22. The third-order valence-corrected chi connectivity index (χ3v) is 5.67. The number of halogens is 4. The van der Waals surface area contributed by atoms with Gasteiger partial charge in [0.15, 0.2) is 5.82 Å². The number of anilines is 1. The molecule has 1 saturated heterocycles. The van der Waals surface area contributed by atoms with Gasteiger partial charge >= 0.3 is 6.03 Å². The van der Waals surface area contributed by atoms with Gasteiger partial charge in [0.05, 0.1) is 5.02 Å². The number of benzene rings is 2. The minimum absolute atomic E-state index is 0.0299. The van der Waals surface area contributed by atoms with Crippen molar-refractivity contribution in [1.29, 1.82) is 0 Å². The van der Waals surface area contributed by atoms with Crippen molar-refractivity contribution in [2.45, 2.75) is 0 Å². The van der Waals surface area contributed by atoms with E-state index < -0.39 is 11.6 Å². The van der Waals surface area contributed by atoms with Crippen molar-refractivity contribution in [2.75, 3.05) is 43.5 Å². The fourth-order valence-electron chi connectivity index (χ4n) is 3.67. The monoisotopic (exact) mass is 465 g/mol. The molecule has 3 aromatic rings. The van der Waals surface area contributed by atoms with Crippen LogP contribution in [-0.4, -0.2) is 59.5 Å². The molecule has 2 heterocycles. The van der Waals surface area contributed by atoms with Gasteiger partial charge in [-0.2, -0.15) is 0 Å². The molecule has 0 bridgehead atoms. The highest BCUT2D eigenvalue weighted by molar-refractivity contribution is 6.34. The van der Waals surface area contributed by atoms with Gasteiger partial charge in [0.2, 0.25) is 0 Å². The van der Waals surface area contributed by atoms with Crippen LogP contribution in [0.15, 0.2) is 36.7 Å². The normalized spacial score (nSPS) is 14.2. The quantitative estimate of drug-likeness (QED) is 0.583. The summed E-state index contributed by atoms with van der Waals surface area (Å²) in [5.41, 5.74) is 0.108. The van der Waals surface area contributed by atoms with Crippen molar-refractivity contribution in [3.63, 3.8) is 0 Å². The molecule has 0 aliphatic carbocycles. The summed E-state index contributed by atoms with van der Waals surface area (Å²) in [4.78, 5) is 24.2. The van der Waals surface area contributed by atoms with Crippen LogP contribution in [0.3, 0.4) is 0 Å². The van der Waals surface area contributed by atoms with E-state index in [0.29, 0.717) is 49.8 Å². The Labute approximate surface area is 187 Å². The van der Waals surface area contributed by atoms with E-state index in [9.17, 15) is 9.18 Å². The molecule has 0 saturated carbocycles. The number of fused-ring (bicyclic) bond motifs is 1. The highest BCUT2D eigenvalue weighted by Crippen LogP contribution is 2.38. The van der Waals surface area contributed by atoms with Crippen LogP contribution < -0.4 is 10.2 Å². The Hall–Kier alpha value is -2.71. The molecule has 0 unspecified atom stereocenters. The molecular formula is C21H19Cl2F2N5O. The topological polar surface area (TPSA) is 61.4 Å². The first-order valence-corrected chi connectivity index (χ1v) is 10.6. The van der Waals surface area contributed by atoms with E-state index in [1.165, 1.54) is 24.5 Å². The molecule has 4 rings (SSSR count). The van der Waals surface area contributed by atoms with E-state index in [0.717, 1.165) is 0 Å². The van der Waals surface area contributed by atoms with Crippen LogP contribution in [0, 0.1) is 11.6 Å². The number of nitrogens with one attached hydrogen (secondary N) is 1. The number of aromatic nitrogens is 2. The van der Waals surface area contributed by atoms with Gasteiger partial charge < -0.3 is 15.1 Å². The molecule has 0 spiro atoms. The molecular weight excluding hydrogens is 447 g/mol. The maximum atomic E-state index is 15.4. The molecule has 1 aliphatic heterocycles. The Balaban J connectivity index is 1.65. The number of nitrogens with zero attached hydrogens (tertiary/aromatic N) is 4. The molecule has 0 radical (unpaired) electrons. The molecule has 2 amide bonds. The minimum Gasteiger partial charge on any atom is -0.352 e. The number of hydrogen-bond donors (Lipinski definition) is 1. The van der Waals surface area contributed by atoms with E-state index in [4.69, 9.17) is 23.2 Å². The summed E-state index contributed by atoms with van der Waals surface area (Å²) in [7, 11) is 0.